The van der Waals surface area contributed by atoms with Crippen molar-refractivity contribution in [2.75, 3.05) is 0 Å². The van der Waals surface area contributed by atoms with Gasteiger partial charge in [0.2, 0.25) is 0 Å². The van der Waals surface area contributed by atoms with Crippen LogP contribution in [0.25, 0.3) is 0 Å². The summed E-state index contributed by atoms with van der Waals surface area (Å²) in [5, 5.41) is 0. The Balaban J connectivity index is 2.67. The second-order valence-electron chi connectivity index (χ2n) is 1.88. The summed E-state index contributed by atoms with van der Waals surface area (Å²) in [6.07, 6.45) is 3.43. The summed E-state index contributed by atoms with van der Waals surface area (Å²) >= 11 is 0. The van der Waals surface area contributed by atoms with Crippen molar-refractivity contribution in [2.45, 2.75) is 6.42 Å². The van der Waals surface area contributed by atoms with Crippen LogP contribution in [0.15, 0.2) is 18.5 Å². The van der Waals surface area contributed by atoms with Gasteiger partial charge in [-0.05, 0) is 6.07 Å². The molecule has 0 unspecified atom stereocenters. The largest absolute Gasteiger partial charge is 0.311 e. The van der Waals surface area contributed by atoms with Crippen LogP contribution in [0.2, 0.25) is 0 Å². The Labute approximate surface area is 59.1 Å². The fourth-order valence-electron chi connectivity index (χ4n) is 0.598. The average molecular weight is 135 g/mol. The van der Waals surface area contributed by atoms with E-state index in [-0.39, 0.29) is 12.2 Å². The van der Waals surface area contributed by atoms with Gasteiger partial charge >= 0.3 is 5.78 Å². The molecular weight excluding hydrogens is 128 g/mol. The second-order valence-corrected chi connectivity index (χ2v) is 1.88. The molecule has 0 spiro atoms. The molecule has 1 rings (SSSR count). The quantitative estimate of drug-likeness (QED) is 0.552. The lowest BCUT2D eigenvalue weighted by Crippen LogP contribution is -2.00. The zero-order valence-corrected chi connectivity index (χ0v) is 5.45. The molecule has 0 amide bonds. The Hall–Kier alpha value is -1.38. The summed E-state index contributed by atoms with van der Waals surface area (Å²) in [4.78, 5) is 18.1. The molecule has 1 aromatic heterocycles. The monoisotopic (exact) mass is 135 g/mol. The lowest BCUT2D eigenvalue weighted by Gasteiger charge is -1.88. The Morgan fingerprint density at radius 3 is 2.60 bits per heavy atom. The van der Waals surface area contributed by atoms with Gasteiger partial charge < -0.3 is 0 Å². The van der Waals surface area contributed by atoms with Crippen LogP contribution in [0, 0.1) is 6.92 Å². The Morgan fingerprint density at radius 2 is 2.10 bits per heavy atom. The van der Waals surface area contributed by atoms with Crippen LogP contribution in [0.3, 0.4) is 0 Å². The molecule has 0 saturated carbocycles. The van der Waals surface area contributed by atoms with Crippen LogP contribution < -0.4 is 0 Å². The van der Waals surface area contributed by atoms with E-state index < -0.39 is 0 Å². The van der Waals surface area contributed by atoms with Crippen molar-refractivity contribution in [3.63, 3.8) is 0 Å². The van der Waals surface area contributed by atoms with E-state index in [1.165, 1.54) is 0 Å². The lowest BCUT2D eigenvalue weighted by atomic mass is 10.3. The predicted molar refractivity (Wildman–Crippen MR) is 36.1 cm³/mol. The Bertz CT molecular complexity index is 220. The van der Waals surface area contributed by atoms with Gasteiger partial charge in [-0.2, -0.15) is 0 Å². The standard InChI is InChI=1S/C7H7N2O/c1-6(10)5-7-8-3-2-4-9-7/h2-4H,1,5H2/q+1. The van der Waals surface area contributed by atoms with Crippen LogP contribution in [0.4, 0.5) is 0 Å². The first-order chi connectivity index (χ1) is 4.79. The van der Waals surface area contributed by atoms with Crippen LogP contribution in [0.1, 0.15) is 5.82 Å². The smallest absolute Gasteiger partial charge is 0.243 e. The topological polar surface area (TPSA) is 42.9 Å². The number of carbonyl (C=O) groups is 1. The third kappa shape index (κ3) is 1.85. The van der Waals surface area contributed by atoms with Crippen molar-refractivity contribution in [3.05, 3.63) is 31.2 Å². The molecule has 0 aliphatic carbocycles. The van der Waals surface area contributed by atoms with E-state index in [1.807, 2.05) is 0 Å². The predicted octanol–water partition coefficient (Wildman–Crippen LogP) is 0.422. The fraction of sp³-hybridized carbons (Fsp3) is 0.143. The summed E-state index contributed by atoms with van der Waals surface area (Å²) in [7, 11) is 0. The minimum Gasteiger partial charge on any atom is -0.243 e. The van der Waals surface area contributed by atoms with Gasteiger partial charge in [0.1, 0.15) is 19.2 Å². The maximum Gasteiger partial charge on any atom is 0.311 e. The summed E-state index contributed by atoms with van der Waals surface area (Å²) in [6, 6.07) is 1.71. The van der Waals surface area contributed by atoms with Crippen molar-refractivity contribution in [1.82, 2.24) is 9.97 Å². The minimum atomic E-state index is -0.161. The highest BCUT2D eigenvalue weighted by atomic mass is 16.1. The molecule has 3 heteroatoms. The first-order valence-corrected chi connectivity index (χ1v) is 2.90. The highest BCUT2D eigenvalue weighted by molar-refractivity contribution is 5.83. The molecule has 0 aromatic carbocycles. The number of carbonyl (C=O) groups excluding carboxylic acids is 1. The molecule has 3 nitrogen and oxygen atoms in total. The molecule has 0 aliphatic rings. The van der Waals surface area contributed by atoms with Crippen molar-refractivity contribution >= 4 is 5.78 Å². The van der Waals surface area contributed by atoms with E-state index in [0.29, 0.717) is 5.82 Å². The molecule has 1 heterocycles. The number of hydrogen-bond acceptors (Lipinski definition) is 3. The van der Waals surface area contributed by atoms with Gasteiger partial charge in [-0.25, -0.2) is 14.8 Å². The van der Waals surface area contributed by atoms with E-state index in [9.17, 15) is 4.79 Å². The number of nitrogens with zero attached hydrogens (tertiary/aromatic N) is 2. The molecule has 1 aromatic rings. The van der Waals surface area contributed by atoms with E-state index in [2.05, 4.69) is 16.9 Å². The van der Waals surface area contributed by atoms with Gasteiger partial charge in [0.15, 0.2) is 0 Å². The maximum atomic E-state index is 10.4. The van der Waals surface area contributed by atoms with Crippen LogP contribution >= 0.6 is 0 Å². The molecule has 0 saturated heterocycles. The van der Waals surface area contributed by atoms with Gasteiger partial charge in [-0.15, -0.1) is 0 Å². The Kier molecular flexibility index (Phi) is 1.99. The summed E-state index contributed by atoms with van der Waals surface area (Å²) in [5.41, 5.74) is 0. The number of Topliss-reactive ketones (excluding diaryl/α,β-unsaturated/α-hetero) is 1. The summed E-state index contributed by atoms with van der Waals surface area (Å²) in [5.74, 6) is 0.369. The SMILES string of the molecule is [CH2+]C(=O)Cc1ncccn1. The van der Waals surface area contributed by atoms with Gasteiger partial charge in [0.25, 0.3) is 0 Å². The van der Waals surface area contributed by atoms with Gasteiger partial charge in [0, 0.05) is 12.4 Å². The third-order valence-corrected chi connectivity index (χ3v) is 0.975. The zero-order valence-electron chi connectivity index (χ0n) is 5.45. The molecule has 0 N–H and O–H groups in total. The minimum absolute atomic E-state index is 0.161. The first kappa shape index (κ1) is 6.74. The third-order valence-electron chi connectivity index (χ3n) is 0.975. The van der Waals surface area contributed by atoms with Crippen molar-refractivity contribution in [2.24, 2.45) is 0 Å². The molecule has 50 valence electrons. The number of ketones is 1. The van der Waals surface area contributed by atoms with Crippen LogP contribution in [0.5, 0.6) is 0 Å². The molecule has 0 atom stereocenters. The highest BCUT2D eigenvalue weighted by Gasteiger charge is 2.03. The molecule has 10 heavy (non-hydrogen) atoms. The van der Waals surface area contributed by atoms with Crippen molar-refractivity contribution in [1.29, 1.82) is 0 Å². The lowest BCUT2D eigenvalue weighted by molar-refractivity contribution is -0.114. The van der Waals surface area contributed by atoms with E-state index in [0.717, 1.165) is 0 Å². The summed E-state index contributed by atoms with van der Waals surface area (Å²) in [6.45, 7) is 3.21. The van der Waals surface area contributed by atoms with Gasteiger partial charge in [-0.1, -0.05) is 0 Å². The maximum absolute atomic E-state index is 10.4. The molecule has 0 bridgehead atoms. The van der Waals surface area contributed by atoms with Crippen LogP contribution in [-0.2, 0) is 11.2 Å². The van der Waals surface area contributed by atoms with Gasteiger partial charge in [-0.3, -0.25) is 0 Å². The summed E-state index contributed by atoms with van der Waals surface area (Å²) < 4.78 is 0. The first-order valence-electron chi connectivity index (χ1n) is 2.90. The van der Waals surface area contributed by atoms with E-state index in [1.54, 1.807) is 18.5 Å². The van der Waals surface area contributed by atoms with Crippen molar-refractivity contribution in [3.8, 4) is 0 Å². The fourth-order valence-corrected chi connectivity index (χ4v) is 0.598. The van der Waals surface area contributed by atoms with E-state index in [4.69, 9.17) is 0 Å². The average Bonchev–Trinajstić information content (AvgIpc) is 1.88. The van der Waals surface area contributed by atoms with Crippen LogP contribution in [-0.4, -0.2) is 15.8 Å². The van der Waals surface area contributed by atoms with Crippen molar-refractivity contribution < 1.29 is 4.79 Å². The van der Waals surface area contributed by atoms with E-state index >= 15 is 0 Å². The highest BCUT2D eigenvalue weighted by Crippen LogP contribution is 1.88. The molecular formula is C7H7N2O+. The van der Waals surface area contributed by atoms with Gasteiger partial charge in [0.05, 0.1) is 0 Å². The number of rotatable bonds is 2. The molecule has 0 fully saturated rings. The molecule has 0 aliphatic heterocycles. The second kappa shape index (κ2) is 2.96. The number of aromatic nitrogens is 2. The zero-order chi connectivity index (χ0) is 7.40. The molecule has 0 radical (unpaired) electrons. The Morgan fingerprint density at radius 1 is 1.50 bits per heavy atom. The number of hydrogen-bond donors (Lipinski definition) is 0. The normalized spacial score (nSPS) is 9.20.